The maximum Gasteiger partial charge on any atom is 0.280 e. The summed E-state index contributed by atoms with van der Waals surface area (Å²) >= 11 is 11.8. The number of ketones is 1. The second kappa shape index (κ2) is 8.00. The van der Waals surface area contributed by atoms with Crippen molar-refractivity contribution in [2.45, 2.75) is 0 Å². The van der Waals surface area contributed by atoms with Crippen molar-refractivity contribution in [2.24, 2.45) is 0 Å². The number of ether oxygens (including phenoxy) is 2. The van der Waals surface area contributed by atoms with E-state index >= 15 is 0 Å². The SMILES string of the molecule is COc1cc(/C=C/C(=O)c2cc(Cl)ccc2Cl)c([N+](=O)[O-])cc1OC. The number of hydrogen-bond acceptors (Lipinski definition) is 5. The van der Waals surface area contributed by atoms with E-state index in [9.17, 15) is 14.9 Å². The lowest BCUT2D eigenvalue weighted by molar-refractivity contribution is -0.385. The summed E-state index contributed by atoms with van der Waals surface area (Å²) in [5, 5.41) is 11.9. The quantitative estimate of drug-likeness (QED) is 0.310. The number of nitro groups is 1. The minimum absolute atomic E-state index is 0.189. The topological polar surface area (TPSA) is 78.7 Å². The first-order chi connectivity index (χ1) is 11.9. The van der Waals surface area contributed by atoms with Gasteiger partial charge in [-0.1, -0.05) is 23.2 Å². The largest absolute Gasteiger partial charge is 0.493 e. The number of benzene rings is 2. The van der Waals surface area contributed by atoms with Gasteiger partial charge in [-0.2, -0.15) is 0 Å². The molecule has 0 amide bonds. The second-order valence-corrected chi connectivity index (χ2v) is 5.69. The van der Waals surface area contributed by atoms with Crippen LogP contribution in [0.1, 0.15) is 15.9 Å². The number of hydrogen-bond donors (Lipinski definition) is 0. The number of carbonyl (C=O) groups is 1. The standard InChI is InChI=1S/C17H13Cl2NO5/c1-24-16-7-10(14(20(22)23)9-17(16)25-2)3-6-15(21)12-8-11(18)4-5-13(12)19/h3-9H,1-2H3/b6-3+. The minimum Gasteiger partial charge on any atom is -0.493 e. The molecule has 6 nitrogen and oxygen atoms in total. The molecule has 0 aliphatic rings. The Balaban J connectivity index is 2.44. The molecule has 0 aliphatic carbocycles. The van der Waals surface area contributed by atoms with Crippen LogP contribution in [0.4, 0.5) is 5.69 Å². The molecular weight excluding hydrogens is 369 g/mol. The van der Waals surface area contributed by atoms with Crippen LogP contribution in [0.25, 0.3) is 6.08 Å². The smallest absolute Gasteiger partial charge is 0.280 e. The van der Waals surface area contributed by atoms with Gasteiger partial charge in [0.05, 0.1) is 35.8 Å². The molecule has 0 fully saturated rings. The monoisotopic (exact) mass is 381 g/mol. The second-order valence-electron chi connectivity index (χ2n) is 4.84. The molecule has 0 atom stereocenters. The number of carbonyl (C=O) groups excluding carboxylic acids is 1. The van der Waals surface area contributed by atoms with Gasteiger partial charge in [0.15, 0.2) is 17.3 Å². The van der Waals surface area contributed by atoms with Gasteiger partial charge in [0.2, 0.25) is 0 Å². The summed E-state index contributed by atoms with van der Waals surface area (Å²) in [6.07, 6.45) is 2.51. The molecule has 130 valence electrons. The van der Waals surface area contributed by atoms with Crippen molar-refractivity contribution in [3.8, 4) is 11.5 Å². The van der Waals surface area contributed by atoms with Crippen LogP contribution in [0.2, 0.25) is 10.0 Å². The fraction of sp³-hybridized carbons (Fsp3) is 0.118. The number of allylic oxidation sites excluding steroid dienone is 1. The van der Waals surface area contributed by atoms with E-state index in [0.717, 1.165) is 0 Å². The molecule has 8 heteroatoms. The van der Waals surface area contributed by atoms with Gasteiger partial charge in [-0.05, 0) is 36.4 Å². The van der Waals surface area contributed by atoms with E-state index in [4.69, 9.17) is 32.7 Å². The van der Waals surface area contributed by atoms with Gasteiger partial charge in [0.25, 0.3) is 5.69 Å². The summed E-state index contributed by atoms with van der Waals surface area (Å²) in [5.41, 5.74) is 0.168. The highest BCUT2D eigenvalue weighted by molar-refractivity contribution is 6.36. The van der Waals surface area contributed by atoms with Gasteiger partial charge in [-0.25, -0.2) is 0 Å². The molecule has 2 aromatic rings. The fourth-order valence-electron chi connectivity index (χ4n) is 2.12. The molecule has 0 N–H and O–H groups in total. The third-order valence-electron chi connectivity index (χ3n) is 3.34. The van der Waals surface area contributed by atoms with Gasteiger partial charge in [0, 0.05) is 10.6 Å². The van der Waals surface area contributed by atoms with E-state index in [1.165, 1.54) is 50.6 Å². The first kappa shape index (κ1) is 18.8. The van der Waals surface area contributed by atoms with E-state index < -0.39 is 10.7 Å². The number of nitrogens with zero attached hydrogens (tertiary/aromatic N) is 1. The Morgan fingerprint density at radius 1 is 1.12 bits per heavy atom. The molecule has 2 rings (SSSR count). The van der Waals surface area contributed by atoms with Crippen LogP contribution in [0.5, 0.6) is 11.5 Å². The maximum absolute atomic E-state index is 12.3. The van der Waals surface area contributed by atoms with Crippen LogP contribution >= 0.6 is 23.2 Å². The van der Waals surface area contributed by atoms with Gasteiger partial charge in [-0.15, -0.1) is 0 Å². The molecule has 0 bridgehead atoms. The zero-order valence-corrected chi connectivity index (χ0v) is 14.8. The molecule has 0 saturated heterocycles. The Kier molecular flexibility index (Phi) is 6.01. The van der Waals surface area contributed by atoms with Crippen molar-refractivity contribution >= 4 is 40.7 Å². The third-order valence-corrected chi connectivity index (χ3v) is 3.90. The first-order valence-corrected chi connectivity index (χ1v) is 7.70. The summed E-state index contributed by atoms with van der Waals surface area (Å²) in [7, 11) is 2.79. The average molecular weight is 382 g/mol. The molecule has 25 heavy (non-hydrogen) atoms. The summed E-state index contributed by atoms with van der Waals surface area (Å²) in [4.78, 5) is 23.0. The van der Waals surface area contributed by atoms with Gasteiger partial charge in [-0.3, -0.25) is 14.9 Å². The molecule has 2 aromatic carbocycles. The van der Waals surface area contributed by atoms with Crippen LogP contribution in [-0.2, 0) is 0 Å². The predicted molar refractivity (Wildman–Crippen MR) is 96.0 cm³/mol. The molecular formula is C17H13Cl2NO5. The Morgan fingerprint density at radius 3 is 2.36 bits per heavy atom. The lowest BCUT2D eigenvalue weighted by atomic mass is 10.1. The van der Waals surface area contributed by atoms with Gasteiger partial charge in [0.1, 0.15) is 0 Å². The van der Waals surface area contributed by atoms with E-state index in [0.29, 0.717) is 10.8 Å². The van der Waals surface area contributed by atoms with Crippen molar-refractivity contribution in [3.05, 3.63) is 67.7 Å². The van der Waals surface area contributed by atoms with Crippen molar-refractivity contribution in [3.63, 3.8) is 0 Å². The highest BCUT2D eigenvalue weighted by Gasteiger charge is 2.18. The van der Waals surface area contributed by atoms with Crippen molar-refractivity contribution in [2.75, 3.05) is 14.2 Å². The number of methoxy groups -OCH3 is 2. The maximum atomic E-state index is 12.3. The Labute approximate surface area is 153 Å². The summed E-state index contributed by atoms with van der Waals surface area (Å²) in [5.74, 6) is 0.0909. The van der Waals surface area contributed by atoms with E-state index in [1.54, 1.807) is 6.07 Å². The van der Waals surface area contributed by atoms with Crippen LogP contribution in [0.3, 0.4) is 0 Å². The number of rotatable bonds is 6. The number of halogens is 2. The average Bonchev–Trinajstić information content (AvgIpc) is 2.60. The predicted octanol–water partition coefficient (Wildman–Crippen LogP) is 4.81. The van der Waals surface area contributed by atoms with Crippen molar-refractivity contribution < 1.29 is 19.2 Å². The zero-order valence-electron chi connectivity index (χ0n) is 13.3. The van der Waals surface area contributed by atoms with Gasteiger partial charge >= 0.3 is 0 Å². The highest BCUT2D eigenvalue weighted by atomic mass is 35.5. The van der Waals surface area contributed by atoms with Crippen LogP contribution < -0.4 is 9.47 Å². The Hall–Kier alpha value is -2.57. The summed E-state index contributed by atoms with van der Waals surface area (Å²) < 4.78 is 10.2. The third kappa shape index (κ3) is 4.29. The lowest BCUT2D eigenvalue weighted by Crippen LogP contribution is -1.98. The Bertz CT molecular complexity index is 864. The summed E-state index contributed by atoms with van der Waals surface area (Å²) in [6.45, 7) is 0. The molecule has 0 aromatic heterocycles. The molecule has 0 spiro atoms. The van der Waals surface area contributed by atoms with Crippen LogP contribution in [0.15, 0.2) is 36.4 Å². The zero-order chi connectivity index (χ0) is 18.6. The molecule has 0 saturated carbocycles. The van der Waals surface area contributed by atoms with E-state index in [-0.39, 0.29) is 27.6 Å². The van der Waals surface area contributed by atoms with E-state index in [2.05, 4.69) is 0 Å². The normalized spacial score (nSPS) is 10.7. The van der Waals surface area contributed by atoms with Crippen LogP contribution in [0, 0.1) is 10.1 Å². The molecule has 0 unspecified atom stereocenters. The van der Waals surface area contributed by atoms with E-state index in [1.807, 2.05) is 0 Å². The van der Waals surface area contributed by atoms with Crippen molar-refractivity contribution in [1.82, 2.24) is 0 Å². The lowest BCUT2D eigenvalue weighted by Gasteiger charge is -2.08. The fourth-order valence-corrected chi connectivity index (χ4v) is 2.50. The number of nitro benzene ring substituents is 1. The first-order valence-electron chi connectivity index (χ1n) is 6.95. The molecule has 0 radical (unpaired) electrons. The van der Waals surface area contributed by atoms with Gasteiger partial charge < -0.3 is 9.47 Å². The highest BCUT2D eigenvalue weighted by Crippen LogP contribution is 2.35. The molecule has 0 aliphatic heterocycles. The Morgan fingerprint density at radius 2 is 1.76 bits per heavy atom. The van der Waals surface area contributed by atoms with Crippen molar-refractivity contribution in [1.29, 1.82) is 0 Å². The molecule has 0 heterocycles. The minimum atomic E-state index is -0.571. The van der Waals surface area contributed by atoms with Crippen LogP contribution in [-0.4, -0.2) is 24.9 Å². The summed E-state index contributed by atoms with van der Waals surface area (Å²) in [6, 6.07) is 7.14.